The third-order valence-electron chi connectivity index (χ3n) is 6.05. The Morgan fingerprint density at radius 2 is 1.53 bits per heavy atom. The van der Waals surface area contributed by atoms with E-state index in [-0.39, 0.29) is 23.5 Å². The summed E-state index contributed by atoms with van der Waals surface area (Å²) in [6.07, 6.45) is 0.956. The average molecular weight is 468 g/mol. The molecule has 2 aliphatic heterocycles. The van der Waals surface area contributed by atoms with Crippen molar-refractivity contribution in [2.75, 3.05) is 20.8 Å². The van der Waals surface area contributed by atoms with Gasteiger partial charge < -0.3 is 23.8 Å². The van der Waals surface area contributed by atoms with E-state index < -0.39 is 18.0 Å². The van der Waals surface area contributed by atoms with Gasteiger partial charge in [-0.15, -0.1) is 5.06 Å². The van der Waals surface area contributed by atoms with Crippen molar-refractivity contribution < 1.29 is 33.4 Å². The van der Waals surface area contributed by atoms with E-state index in [1.807, 2.05) is 60.7 Å². The first-order valence-electron chi connectivity index (χ1n) is 11.3. The molecule has 2 heterocycles. The summed E-state index contributed by atoms with van der Waals surface area (Å²) in [5, 5.41) is 1.67. The van der Waals surface area contributed by atoms with Gasteiger partial charge in [0.2, 0.25) is 5.76 Å². The first kappa shape index (κ1) is 23.9. The monoisotopic (exact) mass is 467 g/mol. The maximum atomic E-state index is 12.5. The predicted octanol–water partition coefficient (Wildman–Crippen LogP) is 3.17. The summed E-state index contributed by atoms with van der Waals surface area (Å²) in [6.45, 7) is 1.17. The molecule has 0 radical (unpaired) electrons. The number of carbonyl (C=O) groups is 2. The molecule has 34 heavy (non-hydrogen) atoms. The molecule has 180 valence electrons. The van der Waals surface area contributed by atoms with E-state index in [4.69, 9.17) is 23.8 Å². The van der Waals surface area contributed by atoms with Crippen molar-refractivity contribution in [3.05, 3.63) is 83.1 Å². The lowest BCUT2D eigenvalue weighted by molar-refractivity contribution is -0.183. The molecule has 1 fully saturated rings. The zero-order chi connectivity index (χ0) is 23.9. The Bertz CT molecular complexity index is 1010. The Balaban J connectivity index is 1.50. The largest absolute Gasteiger partial charge is 0.466 e. The van der Waals surface area contributed by atoms with Crippen molar-refractivity contribution in [1.29, 1.82) is 0 Å². The first-order chi connectivity index (χ1) is 16.6. The standard InChI is InChI=1S/C26H29NO7/c1-30-25(28)23-21-14-13-20(27(21)34-24(23)26(29)31-2)22(33-16-19-11-7-4-8-12-19)17-32-15-18-9-5-3-6-10-18/h3-12,20-22H,13-17H2,1-2H3/t20-,21-,22+/m0/s1. The molecule has 2 aromatic rings. The number of hydroxylamine groups is 2. The van der Waals surface area contributed by atoms with E-state index in [0.29, 0.717) is 32.7 Å². The normalized spacial score (nSPS) is 20.5. The summed E-state index contributed by atoms with van der Waals surface area (Å²) in [5.41, 5.74) is 2.29. The fourth-order valence-electron chi connectivity index (χ4n) is 4.37. The fourth-order valence-corrected chi connectivity index (χ4v) is 4.37. The van der Waals surface area contributed by atoms with Crippen LogP contribution in [0.25, 0.3) is 0 Å². The van der Waals surface area contributed by atoms with Gasteiger partial charge >= 0.3 is 11.9 Å². The van der Waals surface area contributed by atoms with Gasteiger partial charge in [-0.3, -0.25) is 0 Å². The first-order valence-corrected chi connectivity index (χ1v) is 11.3. The summed E-state index contributed by atoms with van der Waals surface area (Å²) >= 11 is 0. The van der Waals surface area contributed by atoms with Crippen molar-refractivity contribution in [2.45, 2.75) is 44.2 Å². The number of rotatable bonds is 10. The summed E-state index contributed by atoms with van der Waals surface area (Å²) in [7, 11) is 2.53. The van der Waals surface area contributed by atoms with Gasteiger partial charge in [0.1, 0.15) is 11.7 Å². The van der Waals surface area contributed by atoms with Gasteiger partial charge in [-0.05, 0) is 24.0 Å². The van der Waals surface area contributed by atoms with Crippen molar-refractivity contribution in [3.8, 4) is 0 Å². The zero-order valence-corrected chi connectivity index (χ0v) is 19.3. The number of carbonyl (C=O) groups excluding carboxylic acids is 2. The van der Waals surface area contributed by atoms with Crippen LogP contribution in [0.2, 0.25) is 0 Å². The molecular weight excluding hydrogens is 438 g/mol. The van der Waals surface area contributed by atoms with Gasteiger partial charge in [0.15, 0.2) is 0 Å². The molecule has 2 aromatic carbocycles. The Hall–Kier alpha value is -3.20. The van der Waals surface area contributed by atoms with Crippen LogP contribution in [0.4, 0.5) is 0 Å². The molecule has 0 bridgehead atoms. The lowest BCUT2D eigenvalue weighted by Gasteiger charge is -2.30. The van der Waals surface area contributed by atoms with Crippen molar-refractivity contribution in [1.82, 2.24) is 5.06 Å². The van der Waals surface area contributed by atoms with Crippen LogP contribution < -0.4 is 0 Å². The topological polar surface area (TPSA) is 83.5 Å². The predicted molar refractivity (Wildman–Crippen MR) is 122 cm³/mol. The number of nitrogens with zero attached hydrogens (tertiary/aromatic N) is 1. The minimum Gasteiger partial charge on any atom is -0.466 e. The van der Waals surface area contributed by atoms with Crippen LogP contribution in [0.15, 0.2) is 72.0 Å². The van der Waals surface area contributed by atoms with Crippen LogP contribution in [-0.4, -0.2) is 56.0 Å². The Morgan fingerprint density at radius 1 is 0.912 bits per heavy atom. The zero-order valence-electron chi connectivity index (χ0n) is 19.3. The third kappa shape index (κ3) is 5.30. The molecule has 0 aliphatic carbocycles. The number of ether oxygens (including phenoxy) is 4. The number of fused-ring (bicyclic) bond motifs is 1. The van der Waals surface area contributed by atoms with Crippen LogP contribution in [0.5, 0.6) is 0 Å². The minimum atomic E-state index is -0.712. The highest BCUT2D eigenvalue weighted by atomic mass is 16.7. The van der Waals surface area contributed by atoms with Gasteiger partial charge in [0.25, 0.3) is 0 Å². The summed E-state index contributed by atoms with van der Waals surface area (Å²) < 4.78 is 22.1. The van der Waals surface area contributed by atoms with Gasteiger partial charge in [0, 0.05) is 0 Å². The van der Waals surface area contributed by atoms with E-state index in [9.17, 15) is 9.59 Å². The molecule has 0 unspecified atom stereocenters. The van der Waals surface area contributed by atoms with Crippen LogP contribution in [-0.2, 0) is 46.6 Å². The highest BCUT2D eigenvalue weighted by Gasteiger charge is 2.51. The molecule has 3 atom stereocenters. The molecule has 0 amide bonds. The second-order valence-corrected chi connectivity index (χ2v) is 8.17. The van der Waals surface area contributed by atoms with E-state index in [1.165, 1.54) is 14.2 Å². The molecule has 0 saturated carbocycles. The van der Waals surface area contributed by atoms with E-state index >= 15 is 0 Å². The lowest BCUT2D eigenvalue weighted by Crippen LogP contribution is -2.44. The number of methoxy groups -OCH3 is 2. The molecule has 2 aliphatic rings. The molecule has 0 aromatic heterocycles. The van der Waals surface area contributed by atoms with E-state index in [0.717, 1.165) is 11.1 Å². The Morgan fingerprint density at radius 3 is 2.15 bits per heavy atom. The Kier molecular flexibility index (Phi) is 7.95. The van der Waals surface area contributed by atoms with Crippen molar-refractivity contribution in [2.24, 2.45) is 0 Å². The fraction of sp³-hybridized carbons (Fsp3) is 0.385. The van der Waals surface area contributed by atoms with E-state index in [2.05, 4.69) is 0 Å². The number of benzene rings is 2. The Labute approximate surface area is 199 Å². The van der Waals surface area contributed by atoms with Crippen molar-refractivity contribution in [3.63, 3.8) is 0 Å². The average Bonchev–Trinajstić information content (AvgIpc) is 3.46. The second-order valence-electron chi connectivity index (χ2n) is 8.17. The van der Waals surface area contributed by atoms with Crippen LogP contribution >= 0.6 is 0 Å². The molecular formula is C26H29NO7. The maximum absolute atomic E-state index is 12.5. The molecule has 4 rings (SSSR count). The van der Waals surface area contributed by atoms with Crippen molar-refractivity contribution >= 4 is 11.9 Å². The maximum Gasteiger partial charge on any atom is 0.376 e. The second kappa shape index (κ2) is 11.3. The van der Waals surface area contributed by atoms with Crippen LogP contribution in [0.3, 0.4) is 0 Å². The minimum absolute atomic E-state index is 0.129. The highest BCUT2D eigenvalue weighted by molar-refractivity contribution is 6.00. The summed E-state index contributed by atoms with van der Waals surface area (Å²) in [4.78, 5) is 30.6. The molecule has 1 saturated heterocycles. The van der Waals surface area contributed by atoms with Crippen LogP contribution in [0, 0.1) is 0 Å². The number of hydrogen-bond donors (Lipinski definition) is 0. The highest BCUT2D eigenvalue weighted by Crippen LogP contribution is 2.40. The number of esters is 2. The molecule has 0 N–H and O–H groups in total. The quantitative estimate of drug-likeness (QED) is 0.493. The summed E-state index contributed by atoms with van der Waals surface area (Å²) in [5.74, 6) is -1.44. The molecule has 8 nitrogen and oxygen atoms in total. The summed E-state index contributed by atoms with van der Waals surface area (Å²) in [6, 6.07) is 19.1. The van der Waals surface area contributed by atoms with Gasteiger partial charge in [-0.25, -0.2) is 9.59 Å². The van der Waals surface area contributed by atoms with Gasteiger partial charge in [-0.2, -0.15) is 0 Å². The third-order valence-corrected chi connectivity index (χ3v) is 6.05. The van der Waals surface area contributed by atoms with Crippen LogP contribution in [0.1, 0.15) is 24.0 Å². The van der Waals surface area contributed by atoms with E-state index in [1.54, 1.807) is 5.06 Å². The lowest BCUT2D eigenvalue weighted by atomic mass is 10.0. The van der Waals surface area contributed by atoms with Gasteiger partial charge in [-0.1, -0.05) is 60.7 Å². The smallest absolute Gasteiger partial charge is 0.376 e. The SMILES string of the molecule is COC(=O)C1=C(C(=O)OC)[C@@H]2CC[C@@H]([C@@H](COCc3ccccc3)OCc3ccccc3)N2O1. The number of hydrogen-bond acceptors (Lipinski definition) is 8. The molecule has 8 heteroatoms. The van der Waals surface area contributed by atoms with Gasteiger partial charge in [0.05, 0.1) is 46.1 Å². The molecule has 0 spiro atoms.